The van der Waals surface area contributed by atoms with Crippen molar-refractivity contribution in [1.29, 1.82) is 0 Å². The minimum Gasteiger partial charge on any atom is -0.324 e. The summed E-state index contributed by atoms with van der Waals surface area (Å²) in [5, 5.41) is 4.55. The Morgan fingerprint density at radius 3 is 2.58 bits per heavy atom. The Balaban J connectivity index is 2.43. The van der Waals surface area contributed by atoms with Gasteiger partial charge in [-0.05, 0) is 24.6 Å². The number of rotatable bonds is 3. The van der Waals surface area contributed by atoms with Gasteiger partial charge in [0.2, 0.25) is 0 Å². The summed E-state index contributed by atoms with van der Waals surface area (Å²) in [7, 11) is -3.26. The molecule has 0 aliphatic heterocycles. The van der Waals surface area contributed by atoms with E-state index in [1.54, 1.807) is 12.1 Å². The zero-order chi connectivity index (χ0) is 14.2. The zero-order valence-corrected chi connectivity index (χ0v) is 12.1. The van der Waals surface area contributed by atoms with E-state index in [-0.39, 0.29) is 10.9 Å². The largest absolute Gasteiger partial charge is 0.324 e. The van der Waals surface area contributed by atoms with E-state index in [4.69, 9.17) is 17.3 Å². The Labute approximate surface area is 116 Å². The molecule has 1 heterocycles. The van der Waals surface area contributed by atoms with Crippen molar-refractivity contribution in [2.75, 3.05) is 6.26 Å². The third-order valence-electron chi connectivity index (χ3n) is 2.73. The number of aromatic nitrogens is 2. The lowest BCUT2D eigenvalue weighted by molar-refractivity contribution is 0.602. The van der Waals surface area contributed by atoms with Gasteiger partial charge in [-0.2, -0.15) is 5.10 Å². The second kappa shape index (κ2) is 4.96. The van der Waals surface area contributed by atoms with Gasteiger partial charge in [0.1, 0.15) is 4.90 Å². The second-order valence-corrected chi connectivity index (χ2v) is 6.81. The number of benzene rings is 1. The molecule has 2 N–H and O–H groups in total. The molecule has 0 amide bonds. The Kier molecular flexibility index (Phi) is 3.66. The molecule has 0 aliphatic rings. The van der Waals surface area contributed by atoms with Crippen molar-refractivity contribution < 1.29 is 8.42 Å². The molecule has 0 saturated carbocycles. The summed E-state index contributed by atoms with van der Waals surface area (Å²) in [4.78, 5) is 0.167. The van der Waals surface area contributed by atoms with Crippen molar-refractivity contribution in [3.63, 3.8) is 0 Å². The van der Waals surface area contributed by atoms with Gasteiger partial charge in [0.05, 0.1) is 11.9 Å². The molecule has 1 aromatic carbocycles. The van der Waals surface area contributed by atoms with Gasteiger partial charge >= 0.3 is 0 Å². The minimum atomic E-state index is -3.26. The Bertz CT molecular complexity index is 708. The quantitative estimate of drug-likeness (QED) is 0.939. The zero-order valence-electron chi connectivity index (χ0n) is 10.5. The second-order valence-electron chi connectivity index (χ2n) is 4.39. The molecule has 5 nitrogen and oxygen atoms in total. The van der Waals surface area contributed by atoms with E-state index in [0.29, 0.717) is 10.7 Å². The Hall–Kier alpha value is -1.37. The molecule has 102 valence electrons. The molecule has 0 fully saturated rings. The third kappa shape index (κ3) is 2.97. The van der Waals surface area contributed by atoms with E-state index in [9.17, 15) is 8.42 Å². The van der Waals surface area contributed by atoms with Gasteiger partial charge in [0.25, 0.3) is 0 Å². The van der Waals surface area contributed by atoms with Gasteiger partial charge in [-0.1, -0.05) is 17.7 Å². The maximum absolute atomic E-state index is 11.4. The minimum absolute atomic E-state index is 0.161. The molecular weight excluding hydrogens is 286 g/mol. The fourth-order valence-electron chi connectivity index (χ4n) is 1.67. The number of nitrogens with two attached hydrogens (primary N) is 1. The monoisotopic (exact) mass is 299 g/mol. The van der Waals surface area contributed by atoms with Crippen LogP contribution in [0, 0.1) is 0 Å². The number of halogens is 1. The number of nitrogens with zero attached hydrogens (tertiary/aromatic N) is 2. The summed E-state index contributed by atoms with van der Waals surface area (Å²) in [5.74, 6) is 0. The normalized spacial score (nSPS) is 13.5. The van der Waals surface area contributed by atoms with Crippen molar-refractivity contribution >= 4 is 21.4 Å². The molecule has 2 aromatic rings. The van der Waals surface area contributed by atoms with Gasteiger partial charge in [0.15, 0.2) is 9.84 Å². The summed E-state index contributed by atoms with van der Waals surface area (Å²) >= 11 is 6.13. The van der Waals surface area contributed by atoms with E-state index in [1.165, 1.54) is 17.1 Å². The molecule has 7 heteroatoms. The molecule has 0 aliphatic carbocycles. The molecule has 2 rings (SSSR count). The molecular formula is C12H14ClN3O2S. The first kappa shape index (κ1) is 14.0. The Morgan fingerprint density at radius 2 is 2.11 bits per heavy atom. The maximum atomic E-state index is 11.4. The molecule has 0 unspecified atom stereocenters. The SMILES string of the molecule is C[C@@H](N)c1ccc(-n2cc(S(C)(=O)=O)cn2)cc1Cl. The lowest BCUT2D eigenvalue weighted by Crippen LogP contribution is -2.06. The molecule has 0 spiro atoms. The van der Waals surface area contributed by atoms with Gasteiger partial charge < -0.3 is 5.73 Å². The van der Waals surface area contributed by atoms with Crippen molar-refractivity contribution in [3.05, 3.63) is 41.2 Å². The fourth-order valence-corrected chi connectivity index (χ4v) is 2.54. The fraction of sp³-hybridized carbons (Fsp3) is 0.250. The molecule has 0 bridgehead atoms. The summed E-state index contributed by atoms with van der Waals surface area (Å²) < 4.78 is 24.2. The summed E-state index contributed by atoms with van der Waals surface area (Å²) in [6.07, 6.45) is 3.90. The lowest BCUT2D eigenvalue weighted by Gasteiger charge is -2.10. The first-order valence-electron chi connectivity index (χ1n) is 5.59. The van der Waals surface area contributed by atoms with Gasteiger partial charge in [-0.15, -0.1) is 0 Å². The predicted molar refractivity (Wildman–Crippen MR) is 74.3 cm³/mol. The van der Waals surface area contributed by atoms with Crippen molar-refractivity contribution in [3.8, 4) is 5.69 Å². The summed E-state index contributed by atoms with van der Waals surface area (Å²) in [6, 6.07) is 5.15. The highest BCUT2D eigenvalue weighted by atomic mass is 35.5. The van der Waals surface area contributed by atoms with Crippen LogP contribution in [-0.2, 0) is 9.84 Å². The van der Waals surface area contributed by atoms with Crippen LogP contribution in [0.2, 0.25) is 5.02 Å². The van der Waals surface area contributed by atoms with Crippen LogP contribution in [0.25, 0.3) is 5.69 Å². The van der Waals surface area contributed by atoms with Crippen LogP contribution < -0.4 is 5.73 Å². The van der Waals surface area contributed by atoms with E-state index in [1.807, 2.05) is 13.0 Å². The number of hydrogen-bond donors (Lipinski definition) is 1. The average Bonchev–Trinajstić information content (AvgIpc) is 2.76. The highest BCUT2D eigenvalue weighted by Crippen LogP contribution is 2.24. The maximum Gasteiger partial charge on any atom is 0.178 e. The first-order valence-corrected chi connectivity index (χ1v) is 7.86. The highest BCUT2D eigenvalue weighted by Gasteiger charge is 2.12. The molecule has 1 atom stereocenters. The molecule has 0 radical (unpaired) electrons. The Morgan fingerprint density at radius 1 is 1.42 bits per heavy atom. The van der Waals surface area contributed by atoms with Crippen molar-refractivity contribution in [1.82, 2.24) is 9.78 Å². The summed E-state index contributed by atoms with van der Waals surface area (Å²) in [6.45, 7) is 1.84. The molecule has 19 heavy (non-hydrogen) atoms. The van der Waals surface area contributed by atoms with Crippen molar-refractivity contribution in [2.45, 2.75) is 17.9 Å². The van der Waals surface area contributed by atoms with Crippen LogP contribution in [0.5, 0.6) is 0 Å². The van der Waals surface area contributed by atoms with Crippen LogP contribution in [0.1, 0.15) is 18.5 Å². The molecule has 1 aromatic heterocycles. The number of hydrogen-bond acceptors (Lipinski definition) is 4. The van der Waals surface area contributed by atoms with E-state index in [2.05, 4.69) is 5.10 Å². The van der Waals surface area contributed by atoms with Crippen molar-refractivity contribution in [2.24, 2.45) is 5.73 Å². The average molecular weight is 300 g/mol. The first-order chi connectivity index (χ1) is 8.79. The van der Waals surface area contributed by atoms with Gasteiger partial charge in [-0.25, -0.2) is 13.1 Å². The standard InChI is InChI=1S/C12H14ClN3O2S/c1-8(14)11-4-3-9(5-12(11)13)16-7-10(6-15-16)19(2,17)18/h3-8H,14H2,1-2H3/t8-/m1/s1. The number of sulfone groups is 1. The van der Waals surface area contributed by atoms with Gasteiger partial charge in [0, 0.05) is 23.5 Å². The predicted octanol–water partition coefficient (Wildman–Crippen LogP) is 1.95. The highest BCUT2D eigenvalue weighted by molar-refractivity contribution is 7.90. The van der Waals surface area contributed by atoms with Crippen LogP contribution in [-0.4, -0.2) is 24.5 Å². The summed E-state index contributed by atoms with van der Waals surface area (Å²) in [5.41, 5.74) is 7.30. The smallest absolute Gasteiger partial charge is 0.178 e. The van der Waals surface area contributed by atoms with E-state index in [0.717, 1.165) is 11.8 Å². The van der Waals surface area contributed by atoms with Crippen LogP contribution in [0.15, 0.2) is 35.5 Å². The van der Waals surface area contributed by atoms with Crippen LogP contribution in [0.4, 0.5) is 0 Å². The molecule has 0 saturated heterocycles. The van der Waals surface area contributed by atoms with Crippen LogP contribution >= 0.6 is 11.6 Å². The van der Waals surface area contributed by atoms with E-state index < -0.39 is 9.84 Å². The van der Waals surface area contributed by atoms with Gasteiger partial charge in [-0.3, -0.25) is 0 Å². The van der Waals surface area contributed by atoms with E-state index >= 15 is 0 Å². The third-order valence-corrected chi connectivity index (χ3v) is 4.12. The lowest BCUT2D eigenvalue weighted by atomic mass is 10.1. The van der Waals surface area contributed by atoms with Crippen LogP contribution in [0.3, 0.4) is 0 Å². The topological polar surface area (TPSA) is 78.0 Å².